The lowest BCUT2D eigenvalue weighted by molar-refractivity contribution is -0.115. The molecule has 1 amide bonds. The highest BCUT2D eigenvalue weighted by molar-refractivity contribution is 8.00. The Balaban J connectivity index is 1.69. The Morgan fingerprint density at radius 2 is 1.96 bits per heavy atom. The van der Waals surface area contributed by atoms with Crippen LogP contribution in [0.1, 0.15) is 21.3 Å². The fourth-order valence-corrected chi connectivity index (χ4v) is 4.98. The highest BCUT2D eigenvalue weighted by Gasteiger charge is 2.36. The van der Waals surface area contributed by atoms with E-state index in [-0.39, 0.29) is 17.3 Å². The third kappa shape index (κ3) is 2.89. The van der Waals surface area contributed by atoms with Crippen LogP contribution in [0, 0.1) is 0 Å². The molecule has 0 unspecified atom stereocenters. The van der Waals surface area contributed by atoms with Gasteiger partial charge in [-0.05, 0) is 29.8 Å². The van der Waals surface area contributed by atoms with E-state index in [9.17, 15) is 9.59 Å². The highest BCUT2D eigenvalue weighted by Crippen LogP contribution is 2.44. The Bertz CT molecular complexity index is 919. The van der Waals surface area contributed by atoms with Crippen molar-refractivity contribution in [1.29, 1.82) is 0 Å². The fraction of sp³-hybridized carbons (Fsp3) is 0.167. The number of rotatable bonds is 3. The average molecular weight is 370 g/mol. The van der Waals surface area contributed by atoms with Crippen molar-refractivity contribution in [1.82, 2.24) is 4.98 Å². The summed E-state index contributed by atoms with van der Waals surface area (Å²) in [5.41, 5.74) is 2.35. The van der Waals surface area contributed by atoms with Gasteiger partial charge in [0.1, 0.15) is 5.37 Å². The average Bonchev–Trinajstić information content (AvgIpc) is 3.24. The van der Waals surface area contributed by atoms with Gasteiger partial charge in [0.15, 0.2) is 5.13 Å². The topological polar surface area (TPSA) is 59.5 Å². The lowest BCUT2D eigenvalue weighted by Crippen LogP contribution is -2.27. The molecule has 5 nitrogen and oxygen atoms in total. The second-order valence-corrected chi connectivity index (χ2v) is 7.58. The minimum atomic E-state index is -0.371. The molecule has 25 heavy (non-hydrogen) atoms. The number of ether oxygens (including phenoxy) is 1. The van der Waals surface area contributed by atoms with Crippen molar-refractivity contribution < 1.29 is 14.3 Å². The molecule has 7 heteroatoms. The van der Waals surface area contributed by atoms with E-state index in [0.717, 1.165) is 15.8 Å². The van der Waals surface area contributed by atoms with Crippen LogP contribution in [0.25, 0.3) is 10.2 Å². The van der Waals surface area contributed by atoms with Crippen molar-refractivity contribution in [3.63, 3.8) is 0 Å². The summed E-state index contributed by atoms with van der Waals surface area (Å²) in [4.78, 5) is 30.4. The van der Waals surface area contributed by atoms with E-state index in [1.807, 2.05) is 36.4 Å². The standard InChI is InChI=1S/C18H14N2O3S2/c1-23-17(22)12-8-6-11(7-9-12)16-20(15(21)10-24-16)18-19-13-4-2-3-5-14(13)25-18/h2-9,16H,10H2,1H3/t16-/m1/s1. The number of esters is 1. The third-order valence-electron chi connectivity index (χ3n) is 3.97. The number of amides is 1. The lowest BCUT2D eigenvalue weighted by atomic mass is 10.1. The number of carbonyl (C=O) groups excluding carboxylic acids is 2. The van der Waals surface area contributed by atoms with Gasteiger partial charge >= 0.3 is 5.97 Å². The van der Waals surface area contributed by atoms with E-state index in [2.05, 4.69) is 4.98 Å². The number of fused-ring (bicyclic) bond motifs is 1. The Morgan fingerprint density at radius 3 is 2.68 bits per heavy atom. The van der Waals surface area contributed by atoms with Crippen molar-refractivity contribution in [2.45, 2.75) is 5.37 Å². The minimum absolute atomic E-state index is 0.0473. The predicted octanol–water partition coefficient (Wildman–Crippen LogP) is 3.86. The van der Waals surface area contributed by atoms with Crippen LogP contribution >= 0.6 is 23.1 Å². The Kier molecular flexibility index (Phi) is 4.19. The van der Waals surface area contributed by atoms with Gasteiger partial charge in [-0.15, -0.1) is 11.8 Å². The monoisotopic (exact) mass is 370 g/mol. The molecule has 4 rings (SSSR count). The van der Waals surface area contributed by atoms with Crippen LogP contribution in [0.5, 0.6) is 0 Å². The van der Waals surface area contributed by atoms with Crippen LogP contribution < -0.4 is 4.90 Å². The van der Waals surface area contributed by atoms with Crippen LogP contribution in [0.2, 0.25) is 0 Å². The molecule has 1 saturated heterocycles. The summed E-state index contributed by atoms with van der Waals surface area (Å²) in [6.07, 6.45) is 0. The highest BCUT2D eigenvalue weighted by atomic mass is 32.2. The largest absolute Gasteiger partial charge is 0.465 e. The minimum Gasteiger partial charge on any atom is -0.465 e. The molecule has 1 atom stereocenters. The summed E-state index contributed by atoms with van der Waals surface area (Å²) >= 11 is 3.08. The number of para-hydroxylation sites is 1. The summed E-state index contributed by atoms with van der Waals surface area (Å²) in [5.74, 6) is 0.0927. The lowest BCUT2D eigenvalue weighted by Gasteiger charge is -2.21. The van der Waals surface area contributed by atoms with Gasteiger partial charge in [-0.2, -0.15) is 0 Å². The zero-order chi connectivity index (χ0) is 17.4. The number of anilines is 1. The normalized spacial score (nSPS) is 17.2. The maximum atomic E-state index is 12.5. The first-order valence-corrected chi connectivity index (χ1v) is 9.51. The molecule has 0 spiro atoms. The van der Waals surface area contributed by atoms with E-state index in [4.69, 9.17) is 4.74 Å². The first-order valence-electron chi connectivity index (χ1n) is 7.65. The van der Waals surface area contributed by atoms with Crippen LogP contribution in [-0.2, 0) is 9.53 Å². The molecule has 0 bridgehead atoms. The van der Waals surface area contributed by atoms with Crippen molar-refractivity contribution >= 4 is 50.3 Å². The van der Waals surface area contributed by atoms with Crippen molar-refractivity contribution in [2.24, 2.45) is 0 Å². The number of nitrogens with zero attached hydrogens (tertiary/aromatic N) is 2. The Hall–Kier alpha value is -2.38. The zero-order valence-corrected chi connectivity index (χ0v) is 15.0. The van der Waals surface area contributed by atoms with E-state index in [1.54, 1.807) is 28.8 Å². The Morgan fingerprint density at radius 1 is 1.20 bits per heavy atom. The summed E-state index contributed by atoms with van der Waals surface area (Å²) in [7, 11) is 1.36. The molecule has 126 valence electrons. The van der Waals surface area contributed by atoms with Gasteiger partial charge in [0, 0.05) is 0 Å². The number of aromatic nitrogens is 1. The molecule has 1 aromatic heterocycles. The van der Waals surface area contributed by atoms with Gasteiger partial charge in [0.2, 0.25) is 5.91 Å². The number of thiazole rings is 1. The smallest absolute Gasteiger partial charge is 0.337 e. The second-order valence-electron chi connectivity index (χ2n) is 5.50. The molecule has 0 radical (unpaired) electrons. The zero-order valence-electron chi connectivity index (χ0n) is 13.3. The maximum Gasteiger partial charge on any atom is 0.337 e. The summed E-state index contributed by atoms with van der Waals surface area (Å²) in [5, 5.41) is 0.568. The molecule has 0 saturated carbocycles. The van der Waals surface area contributed by atoms with Crippen LogP contribution in [0.15, 0.2) is 48.5 Å². The van der Waals surface area contributed by atoms with Crippen molar-refractivity contribution in [3.05, 3.63) is 59.7 Å². The number of hydrogen-bond donors (Lipinski definition) is 0. The van der Waals surface area contributed by atoms with Crippen molar-refractivity contribution in [2.75, 3.05) is 17.8 Å². The first kappa shape index (κ1) is 16.1. The third-order valence-corrected chi connectivity index (χ3v) is 6.22. The van der Waals surface area contributed by atoms with Crippen LogP contribution in [0.4, 0.5) is 5.13 Å². The van der Waals surface area contributed by atoms with Gasteiger partial charge in [-0.25, -0.2) is 9.78 Å². The van der Waals surface area contributed by atoms with Gasteiger partial charge in [-0.3, -0.25) is 9.69 Å². The Labute approximate surface area is 152 Å². The van der Waals surface area contributed by atoms with Gasteiger partial charge in [-0.1, -0.05) is 35.6 Å². The second kappa shape index (κ2) is 6.50. The molecule has 1 fully saturated rings. The molecule has 2 aromatic carbocycles. The number of hydrogen-bond acceptors (Lipinski definition) is 6. The molecular weight excluding hydrogens is 356 g/mol. The predicted molar refractivity (Wildman–Crippen MR) is 100 cm³/mol. The SMILES string of the molecule is COC(=O)c1ccc([C@H]2SCC(=O)N2c2nc3ccccc3s2)cc1. The van der Waals surface area contributed by atoms with Gasteiger partial charge < -0.3 is 4.74 Å². The number of benzene rings is 2. The number of carbonyl (C=O) groups is 2. The summed E-state index contributed by atoms with van der Waals surface area (Å²) < 4.78 is 5.78. The van der Waals surface area contributed by atoms with Gasteiger partial charge in [0.05, 0.1) is 28.6 Å². The first-order chi connectivity index (χ1) is 12.2. The molecule has 1 aliphatic heterocycles. The van der Waals surface area contributed by atoms with E-state index >= 15 is 0 Å². The van der Waals surface area contributed by atoms with E-state index < -0.39 is 0 Å². The molecule has 0 N–H and O–H groups in total. The van der Waals surface area contributed by atoms with E-state index in [0.29, 0.717) is 16.4 Å². The molecular formula is C18H14N2O3S2. The number of thioether (sulfide) groups is 1. The molecule has 2 heterocycles. The quantitative estimate of drug-likeness (QED) is 0.655. The number of methoxy groups -OCH3 is 1. The van der Waals surface area contributed by atoms with E-state index in [1.165, 1.54) is 18.4 Å². The van der Waals surface area contributed by atoms with Crippen LogP contribution in [-0.4, -0.2) is 29.7 Å². The van der Waals surface area contributed by atoms with Crippen molar-refractivity contribution in [3.8, 4) is 0 Å². The molecule has 3 aromatic rings. The molecule has 1 aliphatic rings. The van der Waals surface area contributed by atoms with Gasteiger partial charge in [0.25, 0.3) is 0 Å². The molecule has 0 aliphatic carbocycles. The summed E-state index contributed by atoms with van der Waals surface area (Å²) in [6.45, 7) is 0. The summed E-state index contributed by atoms with van der Waals surface area (Å²) in [6, 6.07) is 15.0. The van der Waals surface area contributed by atoms with Crippen LogP contribution in [0.3, 0.4) is 0 Å². The maximum absolute atomic E-state index is 12.5. The fourth-order valence-electron chi connectivity index (χ4n) is 2.74.